The first-order valence-corrected chi connectivity index (χ1v) is 5.91. The van der Waals surface area contributed by atoms with E-state index in [-0.39, 0.29) is 10.6 Å². The van der Waals surface area contributed by atoms with E-state index in [2.05, 4.69) is 15.9 Å². The Bertz CT molecular complexity index is 394. The summed E-state index contributed by atoms with van der Waals surface area (Å²) >= 11 is 3.11. The molecule has 15 heavy (non-hydrogen) atoms. The number of benzene rings is 1. The Hall–Kier alpha value is -0.560. The van der Waals surface area contributed by atoms with Crippen molar-refractivity contribution in [3.63, 3.8) is 0 Å². The minimum Gasteiger partial charge on any atom is -0.398 e. The second kappa shape index (κ2) is 4.52. The van der Waals surface area contributed by atoms with Crippen molar-refractivity contribution >= 4 is 32.4 Å². The molecule has 1 unspecified atom stereocenters. The van der Waals surface area contributed by atoms with Crippen molar-refractivity contribution in [1.29, 1.82) is 0 Å². The predicted molar refractivity (Wildman–Crippen MR) is 55.9 cm³/mol. The molecule has 0 heterocycles. The quantitative estimate of drug-likeness (QED) is 0.854. The van der Waals surface area contributed by atoms with E-state index in [4.69, 9.17) is 5.73 Å². The summed E-state index contributed by atoms with van der Waals surface area (Å²) in [5.41, 5.74) is 5.54. The van der Waals surface area contributed by atoms with E-state index in [0.29, 0.717) is 4.47 Å². The maximum absolute atomic E-state index is 12.0. The third-order valence-corrected chi connectivity index (χ3v) is 3.46. The lowest BCUT2D eigenvalue weighted by molar-refractivity contribution is -0.105. The summed E-state index contributed by atoms with van der Waals surface area (Å²) in [5.74, 6) is -1.38. The molecule has 1 rings (SSSR count). The van der Waals surface area contributed by atoms with Crippen LogP contribution < -0.4 is 5.73 Å². The summed E-state index contributed by atoms with van der Waals surface area (Å²) in [6.45, 7) is 0. The highest BCUT2D eigenvalue weighted by atomic mass is 79.9. The molecule has 0 aliphatic heterocycles. The fourth-order valence-electron chi connectivity index (χ4n) is 0.953. The van der Waals surface area contributed by atoms with Gasteiger partial charge in [-0.05, 0) is 18.2 Å². The summed E-state index contributed by atoms with van der Waals surface area (Å²) in [6, 6.07) is 4.24. The average molecular weight is 302 g/mol. The van der Waals surface area contributed by atoms with Gasteiger partial charge in [-0.2, -0.15) is 13.2 Å². The molecule has 0 saturated heterocycles. The molecule has 0 aliphatic rings. The summed E-state index contributed by atoms with van der Waals surface area (Å²) in [5, 5.41) is 0. The zero-order chi connectivity index (χ0) is 11.6. The summed E-state index contributed by atoms with van der Waals surface area (Å²) in [7, 11) is -2.14. The van der Waals surface area contributed by atoms with Gasteiger partial charge in [-0.15, -0.1) is 0 Å². The average Bonchev–Trinajstić information content (AvgIpc) is 1.99. The molecular formula is C8H7BrF3NOS. The van der Waals surface area contributed by atoms with Crippen molar-refractivity contribution < 1.29 is 17.4 Å². The van der Waals surface area contributed by atoms with Gasteiger partial charge in [0.05, 0.1) is 15.7 Å². The zero-order valence-electron chi connectivity index (χ0n) is 7.34. The minimum absolute atomic E-state index is 0.00975. The maximum atomic E-state index is 12.0. The molecule has 0 radical (unpaired) electrons. The van der Waals surface area contributed by atoms with Crippen molar-refractivity contribution in [2.45, 2.75) is 11.1 Å². The Labute approximate surface area is 95.2 Å². The van der Waals surface area contributed by atoms with Crippen LogP contribution in [0.5, 0.6) is 0 Å². The van der Waals surface area contributed by atoms with Crippen molar-refractivity contribution in [3.05, 3.63) is 22.7 Å². The number of hydrogen-bond donors (Lipinski definition) is 1. The molecule has 0 fully saturated rings. The van der Waals surface area contributed by atoms with Crippen LogP contribution in [0.4, 0.5) is 18.9 Å². The van der Waals surface area contributed by atoms with Gasteiger partial charge in [0.15, 0.2) is 0 Å². The number of rotatable bonds is 2. The van der Waals surface area contributed by atoms with Gasteiger partial charge in [0.25, 0.3) is 0 Å². The maximum Gasteiger partial charge on any atom is 0.400 e. The molecule has 2 N–H and O–H groups in total. The predicted octanol–water partition coefficient (Wildman–Crippen LogP) is 2.70. The summed E-state index contributed by atoms with van der Waals surface area (Å²) < 4.78 is 47.8. The molecule has 0 saturated carbocycles. The second-order valence-corrected chi connectivity index (χ2v) is 5.12. The van der Waals surface area contributed by atoms with Crippen molar-refractivity contribution in [1.82, 2.24) is 0 Å². The summed E-state index contributed by atoms with van der Waals surface area (Å²) in [4.78, 5) is 0.00975. The van der Waals surface area contributed by atoms with E-state index in [1.807, 2.05) is 0 Å². The van der Waals surface area contributed by atoms with Crippen LogP contribution >= 0.6 is 15.9 Å². The number of anilines is 1. The molecule has 1 aromatic carbocycles. The molecule has 7 heteroatoms. The Morgan fingerprint density at radius 1 is 1.40 bits per heavy atom. The van der Waals surface area contributed by atoms with E-state index in [9.17, 15) is 17.4 Å². The van der Waals surface area contributed by atoms with Crippen LogP contribution in [0.3, 0.4) is 0 Å². The largest absolute Gasteiger partial charge is 0.400 e. The fraction of sp³-hybridized carbons (Fsp3) is 0.250. The van der Waals surface area contributed by atoms with E-state index < -0.39 is 22.7 Å². The molecule has 0 amide bonds. The van der Waals surface area contributed by atoms with E-state index in [0.717, 1.165) is 0 Å². The Kier molecular flexibility index (Phi) is 3.77. The van der Waals surface area contributed by atoms with Crippen LogP contribution in [0, 0.1) is 0 Å². The Balaban J connectivity index is 2.92. The third kappa shape index (κ3) is 3.83. The molecule has 0 bridgehead atoms. The standard InChI is InChI=1S/C8H7BrF3NOS/c9-5-1-2-7(6(13)3-5)15(14)4-8(10,11)12/h1-3H,4,13H2. The molecule has 0 spiro atoms. The number of halogens is 4. The van der Waals surface area contributed by atoms with Crippen molar-refractivity contribution in [2.75, 3.05) is 11.5 Å². The van der Waals surface area contributed by atoms with Crippen LogP contribution in [-0.4, -0.2) is 16.1 Å². The molecule has 1 aromatic rings. The first-order valence-electron chi connectivity index (χ1n) is 3.80. The Morgan fingerprint density at radius 3 is 2.47 bits per heavy atom. The summed E-state index contributed by atoms with van der Waals surface area (Å²) in [6.07, 6.45) is -4.45. The Morgan fingerprint density at radius 2 is 2.00 bits per heavy atom. The first kappa shape index (κ1) is 12.5. The lowest BCUT2D eigenvalue weighted by Crippen LogP contribution is -2.19. The van der Waals surface area contributed by atoms with Crippen LogP contribution in [0.1, 0.15) is 0 Å². The SMILES string of the molecule is Nc1cc(Br)ccc1S(=O)CC(F)(F)F. The van der Waals surface area contributed by atoms with E-state index >= 15 is 0 Å². The van der Waals surface area contributed by atoms with Gasteiger partial charge in [-0.3, -0.25) is 4.21 Å². The highest BCUT2D eigenvalue weighted by Gasteiger charge is 2.31. The number of hydrogen-bond acceptors (Lipinski definition) is 2. The topological polar surface area (TPSA) is 43.1 Å². The van der Waals surface area contributed by atoms with Gasteiger partial charge in [-0.1, -0.05) is 15.9 Å². The smallest absolute Gasteiger partial charge is 0.398 e. The van der Waals surface area contributed by atoms with Crippen LogP contribution in [0.25, 0.3) is 0 Å². The van der Waals surface area contributed by atoms with Gasteiger partial charge in [0, 0.05) is 10.2 Å². The highest BCUT2D eigenvalue weighted by molar-refractivity contribution is 9.10. The van der Waals surface area contributed by atoms with E-state index in [1.165, 1.54) is 18.2 Å². The van der Waals surface area contributed by atoms with Gasteiger partial charge in [0.1, 0.15) is 5.75 Å². The molecule has 1 atom stereocenters. The molecule has 0 aliphatic carbocycles. The normalized spacial score (nSPS) is 13.9. The van der Waals surface area contributed by atoms with Crippen LogP contribution in [-0.2, 0) is 10.8 Å². The van der Waals surface area contributed by atoms with Crippen molar-refractivity contribution in [2.24, 2.45) is 0 Å². The lowest BCUT2D eigenvalue weighted by atomic mass is 10.3. The number of nitrogen functional groups attached to an aromatic ring is 1. The van der Waals surface area contributed by atoms with Crippen LogP contribution in [0.15, 0.2) is 27.6 Å². The van der Waals surface area contributed by atoms with Gasteiger partial charge in [-0.25, -0.2) is 0 Å². The molecule has 0 aromatic heterocycles. The second-order valence-electron chi connectivity index (χ2n) is 2.79. The van der Waals surface area contributed by atoms with E-state index in [1.54, 1.807) is 0 Å². The third-order valence-electron chi connectivity index (χ3n) is 1.51. The first-order chi connectivity index (χ1) is 6.79. The van der Waals surface area contributed by atoms with Crippen LogP contribution in [0.2, 0.25) is 0 Å². The lowest BCUT2D eigenvalue weighted by Gasteiger charge is -2.08. The minimum atomic E-state index is -4.45. The van der Waals surface area contributed by atoms with Gasteiger partial charge in [0.2, 0.25) is 0 Å². The molecular weight excluding hydrogens is 295 g/mol. The van der Waals surface area contributed by atoms with Gasteiger partial charge < -0.3 is 5.73 Å². The zero-order valence-corrected chi connectivity index (χ0v) is 9.75. The highest BCUT2D eigenvalue weighted by Crippen LogP contribution is 2.25. The number of alkyl halides is 3. The molecule has 2 nitrogen and oxygen atoms in total. The number of nitrogens with two attached hydrogens (primary N) is 1. The van der Waals surface area contributed by atoms with Crippen molar-refractivity contribution in [3.8, 4) is 0 Å². The fourth-order valence-corrected chi connectivity index (χ4v) is 2.33. The monoisotopic (exact) mass is 301 g/mol. The van der Waals surface area contributed by atoms with Gasteiger partial charge >= 0.3 is 6.18 Å². The molecule has 84 valence electrons.